The standard InChI is InChI=1S/C19H19NO4.H2S/c1-13(21)20-11-16-9-8-15(19(22)23-2)10-18(16)24-12-17(20)14-6-4-3-5-7-14;/h3-10,17H,11-12H2,1-2H3;1H2/t17-;/m1./s1. The van der Waals surface area contributed by atoms with Crippen molar-refractivity contribution in [1.29, 1.82) is 0 Å². The summed E-state index contributed by atoms with van der Waals surface area (Å²) in [4.78, 5) is 25.7. The van der Waals surface area contributed by atoms with Gasteiger partial charge in [-0.1, -0.05) is 36.4 Å². The molecule has 1 amide bonds. The van der Waals surface area contributed by atoms with Crippen LogP contribution in [0.1, 0.15) is 34.5 Å². The van der Waals surface area contributed by atoms with Crippen molar-refractivity contribution in [1.82, 2.24) is 4.90 Å². The molecule has 0 N–H and O–H groups in total. The molecule has 6 heteroatoms. The van der Waals surface area contributed by atoms with E-state index in [2.05, 4.69) is 0 Å². The number of methoxy groups -OCH3 is 1. The predicted molar refractivity (Wildman–Crippen MR) is 99.1 cm³/mol. The van der Waals surface area contributed by atoms with Crippen molar-refractivity contribution < 1.29 is 19.1 Å². The molecule has 132 valence electrons. The first-order valence-corrected chi connectivity index (χ1v) is 7.76. The molecule has 3 rings (SSSR count). The summed E-state index contributed by atoms with van der Waals surface area (Å²) in [5, 5.41) is 0. The van der Waals surface area contributed by atoms with E-state index in [1.165, 1.54) is 7.11 Å². The van der Waals surface area contributed by atoms with Crippen molar-refractivity contribution >= 4 is 25.4 Å². The Kier molecular flexibility index (Phi) is 6.09. The first-order chi connectivity index (χ1) is 11.6. The van der Waals surface area contributed by atoms with E-state index >= 15 is 0 Å². The molecule has 1 aliphatic rings. The van der Waals surface area contributed by atoms with Crippen LogP contribution in [0, 0.1) is 0 Å². The van der Waals surface area contributed by atoms with E-state index in [-0.39, 0.29) is 25.4 Å². The van der Waals surface area contributed by atoms with Gasteiger partial charge in [-0.2, -0.15) is 13.5 Å². The second-order valence-corrected chi connectivity index (χ2v) is 5.70. The normalized spacial score (nSPS) is 15.9. The lowest BCUT2D eigenvalue weighted by Crippen LogP contribution is -2.34. The topological polar surface area (TPSA) is 55.8 Å². The summed E-state index contributed by atoms with van der Waals surface area (Å²) in [7, 11) is 1.35. The molecule has 0 fully saturated rings. The number of carbonyl (C=O) groups is 2. The molecule has 0 saturated heterocycles. The first kappa shape index (κ1) is 18.9. The molecule has 1 atom stereocenters. The van der Waals surface area contributed by atoms with Crippen LogP contribution in [0.5, 0.6) is 5.75 Å². The SMILES string of the molecule is COC(=O)c1ccc2c(c1)OC[C@H](c1ccccc1)N(C(C)=O)C2.S. The number of hydrogen-bond acceptors (Lipinski definition) is 4. The number of carbonyl (C=O) groups excluding carboxylic acids is 2. The van der Waals surface area contributed by atoms with Gasteiger partial charge in [0.2, 0.25) is 5.91 Å². The molecule has 2 aromatic rings. The number of rotatable bonds is 2. The lowest BCUT2D eigenvalue weighted by Gasteiger charge is -2.28. The minimum atomic E-state index is -0.409. The minimum absolute atomic E-state index is 0. The van der Waals surface area contributed by atoms with Gasteiger partial charge in [0.25, 0.3) is 0 Å². The molecular formula is C19H21NO4S. The van der Waals surface area contributed by atoms with Crippen LogP contribution in [0.25, 0.3) is 0 Å². The summed E-state index contributed by atoms with van der Waals surface area (Å²) in [6.07, 6.45) is 0. The Morgan fingerprint density at radius 2 is 1.88 bits per heavy atom. The van der Waals surface area contributed by atoms with Gasteiger partial charge >= 0.3 is 5.97 Å². The number of ether oxygens (including phenoxy) is 2. The summed E-state index contributed by atoms with van der Waals surface area (Å²) >= 11 is 0. The molecule has 0 radical (unpaired) electrons. The fourth-order valence-corrected chi connectivity index (χ4v) is 2.90. The van der Waals surface area contributed by atoms with Crippen LogP contribution < -0.4 is 4.74 Å². The van der Waals surface area contributed by atoms with Gasteiger partial charge < -0.3 is 14.4 Å². The number of esters is 1. The summed E-state index contributed by atoms with van der Waals surface area (Å²) in [5.41, 5.74) is 2.33. The third-order valence-corrected chi connectivity index (χ3v) is 4.19. The molecule has 1 aliphatic heterocycles. The van der Waals surface area contributed by atoms with Crippen molar-refractivity contribution in [3.63, 3.8) is 0 Å². The zero-order valence-corrected chi connectivity index (χ0v) is 15.2. The van der Waals surface area contributed by atoms with E-state index in [1.54, 1.807) is 24.0 Å². The highest BCUT2D eigenvalue weighted by molar-refractivity contribution is 7.59. The Balaban J connectivity index is 0.00000225. The maximum atomic E-state index is 12.2. The largest absolute Gasteiger partial charge is 0.491 e. The van der Waals surface area contributed by atoms with Crippen molar-refractivity contribution in [2.24, 2.45) is 0 Å². The van der Waals surface area contributed by atoms with Gasteiger partial charge in [0, 0.05) is 12.5 Å². The molecular weight excluding hydrogens is 338 g/mol. The summed E-state index contributed by atoms with van der Waals surface area (Å²) < 4.78 is 10.7. The number of hydrogen-bond donors (Lipinski definition) is 0. The number of benzene rings is 2. The number of fused-ring (bicyclic) bond motifs is 1. The molecule has 25 heavy (non-hydrogen) atoms. The third kappa shape index (κ3) is 3.96. The Labute approximate surface area is 154 Å². The third-order valence-electron chi connectivity index (χ3n) is 4.19. The van der Waals surface area contributed by atoms with Crippen molar-refractivity contribution in [2.45, 2.75) is 19.5 Å². The minimum Gasteiger partial charge on any atom is -0.491 e. The lowest BCUT2D eigenvalue weighted by atomic mass is 10.1. The van der Waals surface area contributed by atoms with Crippen LogP contribution in [0.2, 0.25) is 0 Å². The first-order valence-electron chi connectivity index (χ1n) is 7.76. The van der Waals surface area contributed by atoms with Gasteiger partial charge in [0.1, 0.15) is 12.4 Å². The van der Waals surface area contributed by atoms with Gasteiger partial charge in [-0.15, -0.1) is 0 Å². The van der Waals surface area contributed by atoms with Crippen LogP contribution in [0.3, 0.4) is 0 Å². The second kappa shape index (κ2) is 8.07. The average Bonchev–Trinajstić information content (AvgIpc) is 2.81. The zero-order chi connectivity index (χ0) is 17.1. The highest BCUT2D eigenvalue weighted by atomic mass is 32.1. The molecule has 1 heterocycles. The monoisotopic (exact) mass is 359 g/mol. The zero-order valence-electron chi connectivity index (χ0n) is 14.2. The Bertz CT molecular complexity index is 763. The number of nitrogens with zero attached hydrogens (tertiary/aromatic N) is 1. The van der Waals surface area contributed by atoms with Crippen molar-refractivity contribution in [3.8, 4) is 5.75 Å². The van der Waals surface area contributed by atoms with Gasteiger partial charge in [0.05, 0.1) is 25.3 Å². The molecule has 5 nitrogen and oxygen atoms in total. The molecule has 0 aliphatic carbocycles. The van der Waals surface area contributed by atoms with E-state index < -0.39 is 5.97 Å². The van der Waals surface area contributed by atoms with E-state index in [1.807, 2.05) is 36.4 Å². The van der Waals surface area contributed by atoms with E-state index in [9.17, 15) is 9.59 Å². The quantitative estimate of drug-likeness (QED) is 0.774. The molecule has 0 aromatic heterocycles. The second-order valence-electron chi connectivity index (χ2n) is 5.70. The van der Waals surface area contributed by atoms with Crippen molar-refractivity contribution in [2.75, 3.05) is 13.7 Å². The Morgan fingerprint density at radius 3 is 2.52 bits per heavy atom. The Morgan fingerprint density at radius 1 is 1.16 bits per heavy atom. The maximum Gasteiger partial charge on any atom is 0.337 e. The predicted octanol–water partition coefficient (Wildman–Crippen LogP) is 3.07. The molecule has 2 aromatic carbocycles. The fourth-order valence-electron chi connectivity index (χ4n) is 2.90. The van der Waals surface area contributed by atoms with Crippen LogP contribution in [-0.2, 0) is 16.1 Å². The summed E-state index contributed by atoms with van der Waals surface area (Å²) in [6, 6.07) is 14.8. The average molecular weight is 359 g/mol. The van der Waals surface area contributed by atoms with Gasteiger partial charge in [0.15, 0.2) is 0 Å². The molecule has 0 unspecified atom stereocenters. The number of amides is 1. The van der Waals surface area contributed by atoms with Crippen LogP contribution in [-0.4, -0.2) is 30.5 Å². The lowest BCUT2D eigenvalue weighted by molar-refractivity contribution is -0.132. The van der Waals surface area contributed by atoms with Crippen LogP contribution in [0.4, 0.5) is 0 Å². The van der Waals surface area contributed by atoms with Crippen molar-refractivity contribution in [3.05, 3.63) is 65.2 Å². The van der Waals surface area contributed by atoms with Gasteiger partial charge in [-0.3, -0.25) is 4.79 Å². The molecule has 0 spiro atoms. The van der Waals surface area contributed by atoms with Crippen LogP contribution >= 0.6 is 13.5 Å². The van der Waals surface area contributed by atoms with Gasteiger partial charge in [-0.25, -0.2) is 4.79 Å². The summed E-state index contributed by atoms with van der Waals surface area (Å²) in [5.74, 6) is 0.189. The van der Waals surface area contributed by atoms with E-state index in [0.717, 1.165) is 11.1 Å². The fraction of sp³-hybridized carbons (Fsp3) is 0.263. The highest BCUT2D eigenvalue weighted by Gasteiger charge is 2.28. The van der Waals surface area contributed by atoms with E-state index in [4.69, 9.17) is 9.47 Å². The smallest absolute Gasteiger partial charge is 0.337 e. The Hall–Kier alpha value is -2.47. The molecule has 0 saturated carbocycles. The molecule has 0 bridgehead atoms. The van der Waals surface area contributed by atoms with Gasteiger partial charge in [-0.05, 0) is 17.7 Å². The van der Waals surface area contributed by atoms with E-state index in [0.29, 0.717) is 24.5 Å². The highest BCUT2D eigenvalue weighted by Crippen LogP contribution is 2.32. The summed E-state index contributed by atoms with van der Waals surface area (Å²) in [6.45, 7) is 2.33. The van der Waals surface area contributed by atoms with Crippen LogP contribution in [0.15, 0.2) is 48.5 Å². The maximum absolute atomic E-state index is 12.2.